The highest BCUT2D eigenvalue weighted by Gasteiger charge is 2.44. The van der Waals surface area contributed by atoms with E-state index in [1.54, 1.807) is 0 Å². The number of para-hydroxylation sites is 6. The number of aryl methyl sites for hydroxylation is 5. The first-order valence-electron chi connectivity index (χ1n) is 46.2. The van der Waals surface area contributed by atoms with E-state index in [1.165, 1.54) is 78.3 Å². The molecule has 8 aromatic carbocycles. The van der Waals surface area contributed by atoms with Gasteiger partial charge in [-0.2, -0.15) is 0 Å². The minimum absolute atomic E-state index is 0.0189. The van der Waals surface area contributed by atoms with Gasteiger partial charge < -0.3 is 28.1 Å². The summed E-state index contributed by atoms with van der Waals surface area (Å²) in [4.78, 5) is 8.86. The van der Waals surface area contributed by atoms with Gasteiger partial charge in [0.1, 0.15) is 39.4 Å². The summed E-state index contributed by atoms with van der Waals surface area (Å²) in [6, 6.07) is 80.5. The third-order valence-electron chi connectivity index (χ3n) is 25.8. The molecule has 14 aromatic rings. The Hall–Kier alpha value is -11.6. The number of hydrogen-bond donors (Lipinski definition) is 0. The van der Waals surface area contributed by atoms with E-state index in [9.17, 15) is 4.11 Å². The van der Waals surface area contributed by atoms with Gasteiger partial charge in [0.25, 0.3) is 0 Å². The predicted octanol–water partition coefficient (Wildman–Crippen LogP) is 19.2. The highest BCUT2D eigenvalue weighted by atomic mass is 16.4. The summed E-state index contributed by atoms with van der Waals surface area (Å²) >= 11 is 0. The fourth-order valence-corrected chi connectivity index (χ4v) is 19.7. The molecule has 0 bridgehead atoms. The summed E-state index contributed by atoms with van der Waals surface area (Å²) in [5, 5.41) is 4.39. The zero-order valence-electron chi connectivity index (χ0n) is 79.0. The Morgan fingerprint density at radius 1 is 0.419 bits per heavy atom. The van der Waals surface area contributed by atoms with Crippen LogP contribution < -0.4 is 59.9 Å². The summed E-state index contributed by atoms with van der Waals surface area (Å²) in [6.07, 6.45) is 16.5. The number of rotatable bonds is 9. The lowest BCUT2D eigenvalue weighted by atomic mass is 9.47. The molecular weight excluding hydrogens is 1420 g/mol. The molecule has 0 spiro atoms. The van der Waals surface area contributed by atoms with Crippen molar-refractivity contribution in [1.82, 2.24) is 0 Å². The summed E-state index contributed by atoms with van der Waals surface area (Å²) in [5.74, 6) is 1.25. The number of hydrogen-bond acceptors (Lipinski definition) is 6. The molecule has 4 aliphatic heterocycles. The van der Waals surface area contributed by atoms with Crippen molar-refractivity contribution < 1.29 is 39.4 Å². The Bertz CT molecular complexity index is 6690. The topological polar surface area (TPSA) is 54.8 Å². The minimum atomic E-state index is -2.26. The molecule has 2 aliphatic carbocycles. The van der Waals surface area contributed by atoms with Gasteiger partial charge in [-0.15, -0.1) is 0 Å². The lowest BCUT2D eigenvalue weighted by Gasteiger charge is -2.34. The van der Waals surface area contributed by atoms with E-state index in [1.807, 2.05) is 150 Å². The summed E-state index contributed by atoms with van der Waals surface area (Å²) in [5.41, 5.74) is 27.1. The fraction of sp³-hybridized carbons (Fsp3) is 0.262. The molecule has 10 nitrogen and oxygen atoms in total. The summed E-state index contributed by atoms with van der Waals surface area (Å²) < 4.78 is 99.2. The van der Waals surface area contributed by atoms with Gasteiger partial charge in [-0.25, -0.2) is 18.3 Å². The highest BCUT2D eigenvalue weighted by Crippen LogP contribution is 2.43. The number of pyridine rings is 4. The number of benzene rings is 8. The van der Waals surface area contributed by atoms with Crippen LogP contribution in [0.2, 0.25) is 0 Å². The first-order valence-corrected chi connectivity index (χ1v) is 41.7. The average molecular weight is 1540 g/mol. The van der Waals surface area contributed by atoms with Gasteiger partial charge in [-0.05, 0) is 200 Å². The molecule has 6 aromatic heterocycles. The molecule has 2 saturated carbocycles. The van der Waals surface area contributed by atoms with Gasteiger partial charge in [0.2, 0.25) is 11.0 Å². The van der Waals surface area contributed by atoms with Crippen LogP contribution in [-0.4, -0.2) is 55.6 Å². The van der Waals surface area contributed by atoms with Crippen LogP contribution in [0.4, 0.5) is 23.1 Å². The van der Waals surface area contributed by atoms with Gasteiger partial charge in [0.05, 0.1) is 0 Å². The van der Waals surface area contributed by atoms with Gasteiger partial charge in [0.15, 0.2) is 46.5 Å². The fourth-order valence-electron chi connectivity index (χ4n) is 19.7. The average Bonchev–Trinajstić information content (AvgIpc) is 1.08. The molecule has 0 atom stereocenters. The molecule has 0 unspecified atom stereocenters. The molecule has 0 radical (unpaired) electrons. The van der Waals surface area contributed by atoms with E-state index in [0.717, 1.165) is 146 Å². The smallest absolute Gasteiger partial charge is 0.401 e. The van der Waals surface area contributed by atoms with Crippen LogP contribution in [0.1, 0.15) is 156 Å². The molecule has 20 rings (SSSR count). The van der Waals surface area contributed by atoms with Crippen LogP contribution >= 0.6 is 0 Å². The number of allylic oxidation sites excluding steroid dienone is 6. The van der Waals surface area contributed by atoms with E-state index in [4.69, 9.17) is 17.1 Å². The van der Waals surface area contributed by atoms with E-state index in [2.05, 4.69) is 239 Å². The number of nitrogens with zero attached hydrogens (tertiary/aromatic N) is 8. The maximum absolute atomic E-state index is 9.32. The normalized spacial score (nSPS) is 17.3. The zero-order chi connectivity index (χ0) is 88.7. The SMILES string of the molecule is CC1=Cc2c(oc3ccccc23)N(C)B1c1cc(-c2ccccc2)c(C)c[n+]1C.CC1=Cc2c(oc3ccccc23)N(C)B1c1cc(-c2ccccc2)cc[n+]1C.[2H]C([2H])([2H])C1=C(C)B(c2cc(C([2H])([2H])C3CCCCC3)c3ccccc3[n+]2C)N(C)c2ccccc21.[2H]C([2H])([2H])C1=C(C)B(c2cc(C3([2H])CCCC3)c3ccccc3[n+]2C)N(C)c2ccccc21. The number of anilines is 4. The van der Waals surface area contributed by atoms with Crippen molar-refractivity contribution in [3.8, 4) is 22.3 Å². The van der Waals surface area contributed by atoms with Crippen molar-refractivity contribution in [2.45, 2.75) is 118 Å². The van der Waals surface area contributed by atoms with Crippen molar-refractivity contribution in [3.63, 3.8) is 0 Å². The van der Waals surface area contributed by atoms with E-state index >= 15 is 0 Å². The number of fused-ring (bicyclic) bond motifs is 10. The molecule has 117 heavy (non-hydrogen) atoms. The van der Waals surface area contributed by atoms with Gasteiger partial charge in [-0.3, -0.25) is 0 Å². The number of furan rings is 2. The second-order valence-corrected chi connectivity index (χ2v) is 33.1. The monoisotopic (exact) mass is 1540 g/mol. The zero-order valence-corrected chi connectivity index (χ0v) is 70.0. The lowest BCUT2D eigenvalue weighted by molar-refractivity contribution is -0.654. The molecule has 0 N–H and O–H groups in total. The van der Waals surface area contributed by atoms with Crippen molar-refractivity contribution in [2.24, 2.45) is 34.1 Å². The maximum atomic E-state index is 9.32. The van der Waals surface area contributed by atoms with Crippen LogP contribution in [0.5, 0.6) is 0 Å². The Morgan fingerprint density at radius 2 is 0.872 bits per heavy atom. The molecule has 10 heterocycles. The minimum Gasteiger partial charge on any atom is -0.441 e. The molecule has 2 fully saturated rings. The Balaban J connectivity index is 0.000000119. The van der Waals surface area contributed by atoms with Crippen LogP contribution in [0, 0.1) is 12.8 Å². The third-order valence-corrected chi connectivity index (χ3v) is 25.8. The predicted molar refractivity (Wildman–Crippen MR) is 497 cm³/mol. The molecule has 582 valence electrons. The second-order valence-electron chi connectivity index (χ2n) is 33.1. The largest absolute Gasteiger partial charge is 0.441 e. The quantitative estimate of drug-likeness (QED) is 0.106. The van der Waals surface area contributed by atoms with Crippen LogP contribution in [0.25, 0.3) is 89.3 Å². The Kier molecular flexibility index (Phi) is 18.9. The van der Waals surface area contributed by atoms with Crippen molar-refractivity contribution in [1.29, 1.82) is 0 Å². The maximum Gasteiger partial charge on any atom is 0.401 e. The van der Waals surface area contributed by atoms with E-state index in [0.29, 0.717) is 16.7 Å². The van der Waals surface area contributed by atoms with Crippen molar-refractivity contribution in [2.75, 3.05) is 47.4 Å². The molecule has 14 heteroatoms. The van der Waals surface area contributed by atoms with Crippen LogP contribution in [0.15, 0.2) is 280 Å². The van der Waals surface area contributed by atoms with Crippen LogP contribution in [0.3, 0.4) is 0 Å². The van der Waals surface area contributed by atoms with Crippen molar-refractivity contribution >= 4 is 140 Å². The van der Waals surface area contributed by atoms with Gasteiger partial charge in [-0.1, -0.05) is 237 Å². The van der Waals surface area contributed by atoms with Crippen LogP contribution in [-0.2, 0) is 34.6 Å². The Morgan fingerprint density at radius 3 is 1.42 bits per heavy atom. The first kappa shape index (κ1) is 67.5. The molecular formula is C103H110B4N8O2+4. The van der Waals surface area contributed by atoms with E-state index < -0.39 is 26.0 Å². The summed E-state index contributed by atoms with van der Waals surface area (Å²) in [6.45, 7) is 5.71. The standard InChI is InChI=1S/C28H34BN2.C26H30BN2.C25H24BN2O.C24H22BN2O/c1-20-21(2)29(31(4)27-17-11-8-14-24(20)27)28-19-23(18-22-12-6-5-7-13-22)25-15-9-10-16-26(25)30(28)3;1-18-19(2)27(29(4)25-16-10-7-13-21(18)25)26-17-23(20-11-5-6-12-20)22-14-8-9-15-24(22)28(26)3;1-17-16-27(3)24(15-21(17)19-10-6-5-7-11-19)26-18(2)14-22-20-12-8-9-13-23(20)29-25(22)28(26)4;1-17-15-21-20-11-7-8-12-22(20)28-24(21)27(3)25(17)23-16-19(13-14-26(23)2)18-9-5-4-6-10-18/h8-11,14-17,19,22H,5-7,12-13,18H2,1-4H3;7-10,13-17,20H,5-6,11-12H2,1-4H3;5-16H,1-4H3;4-16H,1-3H3/q4*+1/i1D3,18D2;1D3,20D;;. The molecule has 0 amide bonds. The third kappa shape index (κ3) is 14.5. The molecule has 0 saturated heterocycles. The lowest BCUT2D eigenvalue weighted by Crippen LogP contribution is -2.62. The molecule has 6 aliphatic rings. The Labute approximate surface area is 707 Å². The van der Waals surface area contributed by atoms with Gasteiger partial charge in [0, 0.05) is 104 Å². The number of aromatic nitrogens is 4. The van der Waals surface area contributed by atoms with E-state index in [-0.39, 0.29) is 33.3 Å². The summed E-state index contributed by atoms with van der Waals surface area (Å²) in [7, 11) is 16.6. The highest BCUT2D eigenvalue weighted by molar-refractivity contribution is 6.84. The first-order chi connectivity index (χ1) is 60.3. The van der Waals surface area contributed by atoms with Crippen molar-refractivity contribution in [3.05, 3.63) is 310 Å². The second kappa shape index (κ2) is 32.8. The van der Waals surface area contributed by atoms with Gasteiger partial charge >= 0.3 is 27.4 Å².